The number of para-hydroxylation sites is 1. The quantitative estimate of drug-likeness (QED) is 0.823. The molecule has 2 rings (SSSR count). The molecule has 1 aromatic rings. The number of anilines is 1. The number of carbonyl (C=O) groups is 2. The molecule has 5 nitrogen and oxygen atoms in total. The Morgan fingerprint density at radius 3 is 2.81 bits per heavy atom. The first-order chi connectivity index (χ1) is 10.1. The van der Waals surface area contributed by atoms with Crippen molar-refractivity contribution >= 4 is 17.5 Å². The molecule has 0 radical (unpaired) electrons. The molecule has 1 aromatic carbocycles. The molecule has 1 aliphatic heterocycles. The summed E-state index contributed by atoms with van der Waals surface area (Å²) in [5, 5.41) is 5.61. The van der Waals surface area contributed by atoms with Crippen LogP contribution >= 0.6 is 0 Å². The van der Waals surface area contributed by atoms with E-state index in [1.807, 2.05) is 12.1 Å². The summed E-state index contributed by atoms with van der Waals surface area (Å²) in [6.45, 7) is 6.90. The van der Waals surface area contributed by atoms with Crippen LogP contribution in [0.15, 0.2) is 24.3 Å². The monoisotopic (exact) mass is 289 g/mol. The van der Waals surface area contributed by atoms with Crippen LogP contribution in [0.25, 0.3) is 0 Å². The van der Waals surface area contributed by atoms with Crippen LogP contribution in [0.5, 0.6) is 0 Å². The molecule has 2 amide bonds. The van der Waals surface area contributed by atoms with Gasteiger partial charge in [-0.1, -0.05) is 18.2 Å². The molecule has 1 aliphatic rings. The molecular formula is C16H23N3O2. The molecule has 1 atom stereocenters. The Hall–Kier alpha value is -2.04. The summed E-state index contributed by atoms with van der Waals surface area (Å²) in [5.74, 6) is -0.287. The zero-order chi connectivity index (χ0) is 15.2. The topological polar surface area (TPSA) is 61.4 Å². The van der Waals surface area contributed by atoms with Crippen molar-refractivity contribution in [2.24, 2.45) is 5.92 Å². The number of hydrogen-bond acceptors (Lipinski definition) is 3. The second kappa shape index (κ2) is 7.11. The zero-order valence-electron chi connectivity index (χ0n) is 12.7. The van der Waals surface area contributed by atoms with E-state index in [-0.39, 0.29) is 17.7 Å². The molecule has 114 valence electrons. The lowest BCUT2D eigenvalue weighted by atomic mass is 10.1. The maximum absolute atomic E-state index is 11.9. The van der Waals surface area contributed by atoms with E-state index < -0.39 is 0 Å². The van der Waals surface area contributed by atoms with Crippen molar-refractivity contribution in [2.45, 2.75) is 20.3 Å². The fraction of sp³-hybridized carbons (Fsp3) is 0.500. The normalized spacial score (nSPS) is 17.4. The smallest absolute Gasteiger partial charge is 0.225 e. The third-order valence-corrected chi connectivity index (χ3v) is 3.87. The van der Waals surface area contributed by atoms with Gasteiger partial charge in [0.1, 0.15) is 0 Å². The predicted molar refractivity (Wildman–Crippen MR) is 83.2 cm³/mol. The van der Waals surface area contributed by atoms with E-state index in [4.69, 9.17) is 0 Å². The SMILES string of the molecule is CCN(CCNC(=O)[C@H]1CNC(=O)C1)c1ccccc1C. The van der Waals surface area contributed by atoms with Gasteiger partial charge < -0.3 is 15.5 Å². The van der Waals surface area contributed by atoms with Crippen molar-refractivity contribution in [2.75, 3.05) is 31.1 Å². The number of benzene rings is 1. The van der Waals surface area contributed by atoms with Crippen LogP contribution in [0.1, 0.15) is 18.9 Å². The zero-order valence-corrected chi connectivity index (χ0v) is 12.7. The number of likely N-dealkylation sites (N-methyl/N-ethyl adjacent to an activating group) is 1. The molecule has 1 fully saturated rings. The highest BCUT2D eigenvalue weighted by Crippen LogP contribution is 2.18. The van der Waals surface area contributed by atoms with Gasteiger partial charge in [-0.25, -0.2) is 0 Å². The van der Waals surface area contributed by atoms with Crippen molar-refractivity contribution in [3.05, 3.63) is 29.8 Å². The van der Waals surface area contributed by atoms with E-state index in [0.717, 1.165) is 13.1 Å². The standard InChI is InChI=1S/C16H23N3O2/c1-3-19(14-7-5-4-6-12(14)2)9-8-17-16(21)13-10-15(20)18-11-13/h4-7,13H,3,8-11H2,1-2H3,(H,17,21)(H,18,20)/t13-/m1/s1. The Bertz CT molecular complexity index is 516. The number of nitrogens with zero attached hydrogens (tertiary/aromatic N) is 1. The van der Waals surface area contributed by atoms with Gasteiger partial charge in [0.05, 0.1) is 5.92 Å². The Balaban J connectivity index is 1.82. The maximum atomic E-state index is 11.9. The molecule has 0 spiro atoms. The number of amides is 2. The summed E-state index contributed by atoms with van der Waals surface area (Å²) < 4.78 is 0. The summed E-state index contributed by atoms with van der Waals surface area (Å²) >= 11 is 0. The number of hydrogen-bond donors (Lipinski definition) is 2. The van der Waals surface area contributed by atoms with E-state index in [1.54, 1.807) is 0 Å². The van der Waals surface area contributed by atoms with Crippen LogP contribution in [0.2, 0.25) is 0 Å². The van der Waals surface area contributed by atoms with E-state index in [0.29, 0.717) is 19.5 Å². The van der Waals surface area contributed by atoms with Gasteiger partial charge in [0.15, 0.2) is 0 Å². The minimum atomic E-state index is -0.217. The highest BCUT2D eigenvalue weighted by atomic mass is 16.2. The molecule has 0 saturated carbocycles. The van der Waals surface area contributed by atoms with Gasteiger partial charge >= 0.3 is 0 Å². The first-order valence-electron chi connectivity index (χ1n) is 7.46. The number of rotatable bonds is 6. The van der Waals surface area contributed by atoms with Crippen molar-refractivity contribution in [3.8, 4) is 0 Å². The Morgan fingerprint density at radius 2 is 2.19 bits per heavy atom. The first-order valence-corrected chi connectivity index (χ1v) is 7.46. The minimum absolute atomic E-state index is 0.0332. The third-order valence-electron chi connectivity index (χ3n) is 3.87. The Labute approximate surface area is 125 Å². The molecule has 0 bridgehead atoms. The lowest BCUT2D eigenvalue weighted by Gasteiger charge is -2.25. The Morgan fingerprint density at radius 1 is 1.43 bits per heavy atom. The molecular weight excluding hydrogens is 266 g/mol. The van der Waals surface area contributed by atoms with Crippen LogP contribution < -0.4 is 15.5 Å². The van der Waals surface area contributed by atoms with Crippen LogP contribution in [-0.2, 0) is 9.59 Å². The van der Waals surface area contributed by atoms with Crippen molar-refractivity contribution in [1.29, 1.82) is 0 Å². The summed E-state index contributed by atoms with van der Waals surface area (Å²) in [5.41, 5.74) is 2.43. The second-order valence-electron chi connectivity index (χ2n) is 5.36. The largest absolute Gasteiger partial charge is 0.370 e. The molecule has 0 aliphatic carbocycles. The summed E-state index contributed by atoms with van der Waals surface area (Å²) in [6, 6.07) is 8.24. The van der Waals surface area contributed by atoms with Crippen molar-refractivity contribution in [1.82, 2.24) is 10.6 Å². The maximum Gasteiger partial charge on any atom is 0.225 e. The summed E-state index contributed by atoms with van der Waals surface area (Å²) in [6.07, 6.45) is 0.307. The molecule has 0 unspecified atom stereocenters. The van der Waals surface area contributed by atoms with Gasteiger partial charge in [-0.05, 0) is 25.5 Å². The van der Waals surface area contributed by atoms with Gasteiger partial charge in [-0.3, -0.25) is 9.59 Å². The van der Waals surface area contributed by atoms with E-state index in [2.05, 4.69) is 41.5 Å². The van der Waals surface area contributed by atoms with Gasteiger partial charge in [0.25, 0.3) is 0 Å². The molecule has 1 saturated heterocycles. The molecule has 21 heavy (non-hydrogen) atoms. The van der Waals surface area contributed by atoms with E-state index in [1.165, 1.54) is 11.3 Å². The molecule has 5 heteroatoms. The fourth-order valence-electron chi connectivity index (χ4n) is 2.62. The van der Waals surface area contributed by atoms with Gasteiger partial charge in [0, 0.05) is 38.3 Å². The molecule has 2 N–H and O–H groups in total. The van der Waals surface area contributed by atoms with Crippen LogP contribution in [0, 0.1) is 12.8 Å². The van der Waals surface area contributed by atoms with E-state index >= 15 is 0 Å². The third kappa shape index (κ3) is 3.97. The highest BCUT2D eigenvalue weighted by molar-refractivity contribution is 5.89. The van der Waals surface area contributed by atoms with Gasteiger partial charge in [-0.2, -0.15) is 0 Å². The minimum Gasteiger partial charge on any atom is -0.370 e. The lowest BCUT2D eigenvalue weighted by molar-refractivity contribution is -0.126. The van der Waals surface area contributed by atoms with Crippen molar-refractivity contribution < 1.29 is 9.59 Å². The van der Waals surface area contributed by atoms with Crippen LogP contribution in [0.3, 0.4) is 0 Å². The molecule has 0 aromatic heterocycles. The first kappa shape index (κ1) is 15.4. The van der Waals surface area contributed by atoms with Crippen LogP contribution in [0.4, 0.5) is 5.69 Å². The van der Waals surface area contributed by atoms with Gasteiger partial charge in [-0.15, -0.1) is 0 Å². The van der Waals surface area contributed by atoms with Crippen molar-refractivity contribution in [3.63, 3.8) is 0 Å². The van der Waals surface area contributed by atoms with Crippen LogP contribution in [-0.4, -0.2) is 38.0 Å². The lowest BCUT2D eigenvalue weighted by Crippen LogP contribution is -2.38. The Kier molecular flexibility index (Phi) is 5.20. The highest BCUT2D eigenvalue weighted by Gasteiger charge is 2.27. The number of carbonyl (C=O) groups excluding carboxylic acids is 2. The number of aryl methyl sites for hydroxylation is 1. The average molecular weight is 289 g/mol. The summed E-state index contributed by atoms with van der Waals surface area (Å²) in [7, 11) is 0. The van der Waals surface area contributed by atoms with E-state index in [9.17, 15) is 9.59 Å². The summed E-state index contributed by atoms with van der Waals surface area (Å²) in [4.78, 5) is 25.3. The average Bonchev–Trinajstić information content (AvgIpc) is 2.91. The van der Waals surface area contributed by atoms with Gasteiger partial charge in [0.2, 0.25) is 11.8 Å². The fourth-order valence-corrected chi connectivity index (χ4v) is 2.62. The second-order valence-corrected chi connectivity index (χ2v) is 5.36. The number of nitrogens with one attached hydrogen (secondary N) is 2. The predicted octanol–water partition coefficient (Wildman–Crippen LogP) is 1.07. The molecule has 1 heterocycles.